The zero-order valence-corrected chi connectivity index (χ0v) is 7.31. The van der Waals surface area contributed by atoms with Crippen LogP contribution in [-0.4, -0.2) is 17.9 Å². The smallest absolute Gasteiger partial charge is 0.399 e. The first-order valence-corrected chi connectivity index (χ1v) is 3.99. The maximum atomic E-state index is 11.8. The summed E-state index contributed by atoms with van der Waals surface area (Å²) >= 11 is 0. The van der Waals surface area contributed by atoms with Crippen molar-refractivity contribution in [1.82, 2.24) is 4.98 Å². The monoisotopic (exact) mass is 213 g/mol. The van der Waals surface area contributed by atoms with E-state index in [1.807, 2.05) is 0 Å². The van der Waals surface area contributed by atoms with Gasteiger partial charge in [-0.3, -0.25) is 4.79 Å². The maximum Gasteiger partial charge on any atom is 0.399 e. The fourth-order valence-corrected chi connectivity index (χ4v) is 1.12. The molecular weight excluding hydrogens is 208 g/mol. The molecule has 0 aliphatic rings. The van der Waals surface area contributed by atoms with Crippen LogP contribution in [0.1, 0.15) is 10.4 Å². The lowest BCUT2D eigenvalue weighted by Crippen LogP contribution is -2.01. The first-order chi connectivity index (χ1) is 7.19. The Morgan fingerprint density at radius 1 is 1.47 bits per heavy atom. The molecule has 2 rings (SSSR count). The van der Waals surface area contributed by atoms with Crippen molar-refractivity contribution in [2.75, 3.05) is 0 Å². The second-order valence-electron chi connectivity index (χ2n) is 2.70. The number of fused-ring (bicyclic) bond motifs is 1. The molecule has 1 heterocycles. The number of hydrogen-bond donors (Lipinski definition) is 0. The Morgan fingerprint density at radius 3 is 2.93 bits per heavy atom. The number of aldehydes is 1. The molecule has 0 N–H and O–H groups in total. The summed E-state index contributed by atoms with van der Waals surface area (Å²) in [6.07, 6.45) is 0.116. The first-order valence-electron chi connectivity index (χ1n) is 3.99. The summed E-state index contributed by atoms with van der Waals surface area (Å²) in [5.41, 5.74) is 0.978. The minimum Gasteiger partial charge on any atom is -0.409 e. The Hall–Kier alpha value is -1.98. The molecule has 1 aromatic carbocycles. The average molecular weight is 213 g/mol. The maximum absolute atomic E-state index is 11.8. The van der Waals surface area contributed by atoms with E-state index in [1.54, 1.807) is 0 Å². The lowest BCUT2D eigenvalue weighted by atomic mass is 10.2. The highest BCUT2D eigenvalue weighted by atomic mass is 19.3. The molecule has 6 heteroatoms. The predicted molar refractivity (Wildman–Crippen MR) is 46.0 cm³/mol. The third-order valence-electron chi connectivity index (χ3n) is 1.72. The summed E-state index contributed by atoms with van der Waals surface area (Å²) < 4.78 is 32.5. The molecule has 1 aromatic heterocycles. The van der Waals surface area contributed by atoms with Crippen molar-refractivity contribution in [3.8, 4) is 6.08 Å². The number of nitrogens with zero attached hydrogens (tertiary/aromatic N) is 1. The van der Waals surface area contributed by atoms with Crippen LogP contribution >= 0.6 is 0 Å². The molecule has 2 aromatic rings. The number of carbonyl (C=O) groups excluding carboxylic acids is 1. The van der Waals surface area contributed by atoms with Crippen molar-refractivity contribution in [3.05, 3.63) is 23.8 Å². The second kappa shape index (κ2) is 3.64. The molecule has 0 amide bonds. The number of alkyl halides is 2. The van der Waals surface area contributed by atoms with Gasteiger partial charge < -0.3 is 9.15 Å². The summed E-state index contributed by atoms with van der Waals surface area (Å²) in [6, 6.07) is 4.38. The van der Waals surface area contributed by atoms with Crippen LogP contribution in [-0.2, 0) is 0 Å². The van der Waals surface area contributed by atoms with E-state index in [-0.39, 0.29) is 5.58 Å². The summed E-state index contributed by atoms with van der Waals surface area (Å²) in [4.78, 5) is 14.1. The Balaban J connectivity index is 2.42. The van der Waals surface area contributed by atoms with Crippen molar-refractivity contribution in [2.45, 2.75) is 6.61 Å². The third kappa shape index (κ3) is 1.93. The van der Waals surface area contributed by atoms with Gasteiger partial charge >= 0.3 is 12.7 Å². The quantitative estimate of drug-likeness (QED) is 0.733. The molecule has 0 aliphatic heterocycles. The Morgan fingerprint density at radius 2 is 2.27 bits per heavy atom. The number of rotatable bonds is 3. The van der Waals surface area contributed by atoms with Crippen LogP contribution in [0.15, 0.2) is 22.6 Å². The molecule has 0 spiro atoms. The van der Waals surface area contributed by atoms with Crippen molar-refractivity contribution in [2.24, 2.45) is 0 Å². The number of benzene rings is 1. The van der Waals surface area contributed by atoms with Crippen LogP contribution in [0.25, 0.3) is 11.1 Å². The summed E-state index contributed by atoms with van der Waals surface area (Å²) in [7, 11) is 0. The van der Waals surface area contributed by atoms with Crippen LogP contribution in [0.5, 0.6) is 6.08 Å². The van der Waals surface area contributed by atoms with Crippen LogP contribution in [0.2, 0.25) is 0 Å². The fraction of sp³-hybridized carbons (Fsp3) is 0.111. The summed E-state index contributed by atoms with van der Waals surface area (Å²) in [6.45, 7) is -2.98. The minimum atomic E-state index is -2.98. The van der Waals surface area contributed by atoms with Gasteiger partial charge in [-0.25, -0.2) is 0 Å². The molecule has 0 atom stereocenters. The van der Waals surface area contributed by atoms with Crippen LogP contribution in [0.3, 0.4) is 0 Å². The second-order valence-corrected chi connectivity index (χ2v) is 2.70. The van der Waals surface area contributed by atoms with Crippen molar-refractivity contribution < 1.29 is 22.7 Å². The van der Waals surface area contributed by atoms with E-state index < -0.39 is 12.7 Å². The van der Waals surface area contributed by atoms with Crippen LogP contribution in [0.4, 0.5) is 8.78 Å². The van der Waals surface area contributed by atoms with Gasteiger partial charge in [0.25, 0.3) is 0 Å². The highest BCUT2D eigenvalue weighted by molar-refractivity contribution is 5.83. The van der Waals surface area contributed by atoms with E-state index in [0.29, 0.717) is 17.4 Å². The molecule has 0 saturated carbocycles. The zero-order valence-electron chi connectivity index (χ0n) is 7.31. The molecule has 4 nitrogen and oxygen atoms in total. The van der Waals surface area contributed by atoms with Crippen molar-refractivity contribution in [1.29, 1.82) is 0 Å². The topological polar surface area (TPSA) is 52.3 Å². The fourth-order valence-electron chi connectivity index (χ4n) is 1.12. The molecule has 0 radical (unpaired) electrons. The lowest BCUT2D eigenvalue weighted by molar-refractivity contribution is -0.0664. The highest BCUT2D eigenvalue weighted by Gasteiger charge is 2.11. The van der Waals surface area contributed by atoms with Gasteiger partial charge in [0.2, 0.25) is 0 Å². The number of hydrogen-bond acceptors (Lipinski definition) is 4. The minimum absolute atomic E-state index is 0.288. The average Bonchev–Trinajstić information content (AvgIpc) is 2.57. The number of aromatic nitrogens is 1. The normalized spacial score (nSPS) is 10.9. The van der Waals surface area contributed by atoms with Gasteiger partial charge in [-0.05, 0) is 18.2 Å². The van der Waals surface area contributed by atoms with Gasteiger partial charge in [0.05, 0.1) is 0 Å². The summed E-state index contributed by atoms with van der Waals surface area (Å²) in [5, 5.41) is 0. The van der Waals surface area contributed by atoms with Crippen LogP contribution in [0, 0.1) is 0 Å². The zero-order chi connectivity index (χ0) is 10.8. The molecule has 78 valence electrons. The Kier molecular flexibility index (Phi) is 2.32. The van der Waals surface area contributed by atoms with E-state index in [4.69, 9.17) is 4.42 Å². The predicted octanol–water partition coefficient (Wildman–Crippen LogP) is 2.24. The third-order valence-corrected chi connectivity index (χ3v) is 1.72. The SMILES string of the molecule is O=Cc1ccc2oc(OC(F)F)nc2c1. The van der Waals surface area contributed by atoms with Gasteiger partial charge in [-0.1, -0.05) is 0 Å². The summed E-state index contributed by atoms with van der Waals surface area (Å²) in [5.74, 6) is 0. The first kappa shape index (κ1) is 9.57. The lowest BCUT2D eigenvalue weighted by Gasteiger charge is -1.94. The van der Waals surface area contributed by atoms with Gasteiger partial charge in [0.1, 0.15) is 11.8 Å². The number of carbonyl (C=O) groups is 1. The van der Waals surface area contributed by atoms with E-state index in [9.17, 15) is 13.6 Å². The van der Waals surface area contributed by atoms with Crippen molar-refractivity contribution >= 4 is 17.4 Å². The van der Waals surface area contributed by atoms with E-state index in [1.165, 1.54) is 18.2 Å². The number of ether oxygens (including phenoxy) is 1. The molecular formula is C9H5F2NO3. The van der Waals surface area contributed by atoms with Crippen LogP contribution < -0.4 is 4.74 Å². The number of halogens is 2. The van der Waals surface area contributed by atoms with E-state index in [2.05, 4.69) is 9.72 Å². The molecule has 15 heavy (non-hydrogen) atoms. The van der Waals surface area contributed by atoms with E-state index in [0.717, 1.165) is 0 Å². The highest BCUT2D eigenvalue weighted by Crippen LogP contribution is 2.22. The van der Waals surface area contributed by atoms with Gasteiger partial charge in [-0.15, -0.1) is 0 Å². The molecule has 0 saturated heterocycles. The largest absolute Gasteiger partial charge is 0.409 e. The van der Waals surface area contributed by atoms with Gasteiger partial charge in [0, 0.05) is 5.56 Å². The van der Waals surface area contributed by atoms with Gasteiger partial charge in [0.15, 0.2) is 5.58 Å². The molecule has 0 fully saturated rings. The molecule has 0 aliphatic carbocycles. The Bertz CT molecular complexity index is 495. The Labute approximate surface area is 82.5 Å². The molecule has 0 unspecified atom stereocenters. The van der Waals surface area contributed by atoms with Crippen molar-refractivity contribution in [3.63, 3.8) is 0 Å². The number of oxazole rings is 1. The standard InChI is InChI=1S/C9H5F2NO3/c10-8(11)15-9-12-6-3-5(4-13)1-2-7(6)14-9/h1-4,8H. The van der Waals surface area contributed by atoms with Gasteiger partial charge in [-0.2, -0.15) is 13.8 Å². The van der Waals surface area contributed by atoms with E-state index >= 15 is 0 Å². The molecule has 0 bridgehead atoms.